The maximum absolute atomic E-state index is 12.7. The minimum Gasteiger partial charge on any atom is -0.465 e. The summed E-state index contributed by atoms with van der Waals surface area (Å²) >= 11 is 1.73. The van der Waals surface area contributed by atoms with Gasteiger partial charge in [0.15, 0.2) is 0 Å². The lowest BCUT2D eigenvalue weighted by atomic mass is 10.0. The predicted molar refractivity (Wildman–Crippen MR) is 96.4 cm³/mol. The van der Waals surface area contributed by atoms with Gasteiger partial charge in [-0.05, 0) is 24.1 Å². The van der Waals surface area contributed by atoms with Crippen LogP contribution in [0.25, 0.3) is 0 Å². The number of carbonyl (C=O) groups excluding carboxylic acids is 2. The van der Waals surface area contributed by atoms with Gasteiger partial charge in [-0.3, -0.25) is 14.9 Å². The maximum Gasteiger partial charge on any atom is 0.338 e. The molecule has 2 aromatic carbocycles. The average molecular weight is 372 g/mol. The number of benzene rings is 2. The first-order chi connectivity index (χ1) is 12.5. The van der Waals surface area contributed by atoms with E-state index in [0.717, 1.165) is 34.8 Å². The van der Waals surface area contributed by atoms with E-state index in [1.165, 1.54) is 13.2 Å². The summed E-state index contributed by atoms with van der Waals surface area (Å²) in [6, 6.07) is 11.2. The summed E-state index contributed by atoms with van der Waals surface area (Å²) in [5.41, 5.74) is 0.704. The molecule has 0 unspecified atom stereocenters. The van der Waals surface area contributed by atoms with Gasteiger partial charge in [-0.2, -0.15) is 0 Å². The van der Waals surface area contributed by atoms with E-state index in [4.69, 9.17) is 0 Å². The number of hydrogen-bond donors (Lipinski definition) is 1. The molecule has 0 saturated heterocycles. The van der Waals surface area contributed by atoms with Gasteiger partial charge >= 0.3 is 5.97 Å². The molecule has 0 radical (unpaired) electrons. The highest BCUT2D eigenvalue weighted by molar-refractivity contribution is 7.99. The molecule has 0 aromatic heterocycles. The SMILES string of the molecule is COC(=O)c1cc(C(=O)N[C@H]2CCSc3ccccc32)cc([N+](=O)[O-])c1. The number of methoxy groups -OCH3 is 1. The van der Waals surface area contributed by atoms with Crippen molar-refractivity contribution in [3.05, 3.63) is 69.3 Å². The number of nitrogens with zero attached hydrogens (tertiary/aromatic N) is 1. The van der Waals surface area contributed by atoms with E-state index in [0.29, 0.717) is 0 Å². The lowest BCUT2D eigenvalue weighted by molar-refractivity contribution is -0.384. The summed E-state index contributed by atoms with van der Waals surface area (Å²) in [5, 5.41) is 14.0. The zero-order valence-electron chi connectivity index (χ0n) is 13.9. The number of thioether (sulfide) groups is 1. The van der Waals surface area contributed by atoms with Gasteiger partial charge in [-0.1, -0.05) is 18.2 Å². The first-order valence-electron chi connectivity index (χ1n) is 7.90. The third-order valence-electron chi connectivity index (χ3n) is 4.08. The van der Waals surface area contributed by atoms with Gasteiger partial charge in [0.1, 0.15) is 0 Å². The van der Waals surface area contributed by atoms with E-state index in [9.17, 15) is 19.7 Å². The summed E-state index contributed by atoms with van der Waals surface area (Å²) in [5.74, 6) is -0.336. The van der Waals surface area contributed by atoms with E-state index in [2.05, 4.69) is 10.1 Å². The summed E-state index contributed by atoms with van der Waals surface area (Å²) in [6.45, 7) is 0. The molecule has 0 aliphatic carbocycles. The van der Waals surface area contributed by atoms with Crippen LogP contribution in [0.3, 0.4) is 0 Å². The van der Waals surface area contributed by atoms with Crippen molar-refractivity contribution in [1.29, 1.82) is 0 Å². The summed E-state index contributed by atoms with van der Waals surface area (Å²) < 4.78 is 4.61. The van der Waals surface area contributed by atoms with Crippen LogP contribution in [-0.4, -0.2) is 29.7 Å². The fourth-order valence-electron chi connectivity index (χ4n) is 2.82. The lowest BCUT2D eigenvalue weighted by Crippen LogP contribution is -2.30. The van der Waals surface area contributed by atoms with Crippen molar-refractivity contribution in [2.45, 2.75) is 17.4 Å². The summed E-state index contributed by atoms with van der Waals surface area (Å²) in [7, 11) is 1.18. The standard InChI is InChI=1S/C18H16N2O5S/c1-25-18(22)12-8-11(9-13(10-12)20(23)24)17(21)19-15-6-7-26-16-5-3-2-4-14(15)16/h2-5,8-10,15H,6-7H2,1H3,(H,19,21)/t15-/m0/s1. The van der Waals surface area contributed by atoms with Crippen molar-refractivity contribution in [3.8, 4) is 0 Å². The van der Waals surface area contributed by atoms with Gasteiger partial charge < -0.3 is 10.1 Å². The van der Waals surface area contributed by atoms with Gasteiger partial charge in [-0.25, -0.2) is 4.79 Å². The highest BCUT2D eigenvalue weighted by Gasteiger charge is 2.24. The van der Waals surface area contributed by atoms with Gasteiger partial charge in [0, 0.05) is 28.3 Å². The number of ether oxygens (including phenoxy) is 1. The maximum atomic E-state index is 12.7. The van der Waals surface area contributed by atoms with Crippen molar-refractivity contribution in [2.75, 3.05) is 12.9 Å². The normalized spacial score (nSPS) is 15.7. The molecule has 7 nitrogen and oxygen atoms in total. The molecule has 0 bridgehead atoms. The Morgan fingerprint density at radius 1 is 1.23 bits per heavy atom. The molecule has 1 atom stereocenters. The van der Waals surface area contributed by atoms with Crippen molar-refractivity contribution in [1.82, 2.24) is 5.32 Å². The van der Waals surface area contributed by atoms with Crippen molar-refractivity contribution in [2.24, 2.45) is 0 Å². The second kappa shape index (κ2) is 7.57. The van der Waals surface area contributed by atoms with Crippen LogP contribution in [-0.2, 0) is 4.74 Å². The Morgan fingerprint density at radius 3 is 2.69 bits per heavy atom. The number of carbonyl (C=O) groups is 2. The zero-order valence-corrected chi connectivity index (χ0v) is 14.7. The number of nitrogens with one attached hydrogen (secondary N) is 1. The number of esters is 1. The van der Waals surface area contributed by atoms with E-state index >= 15 is 0 Å². The van der Waals surface area contributed by atoms with Crippen LogP contribution in [0.4, 0.5) is 5.69 Å². The van der Waals surface area contributed by atoms with E-state index in [1.807, 2.05) is 24.3 Å². The number of fused-ring (bicyclic) bond motifs is 1. The quantitative estimate of drug-likeness (QED) is 0.502. The van der Waals surface area contributed by atoms with Crippen LogP contribution in [0.15, 0.2) is 47.4 Å². The number of hydrogen-bond acceptors (Lipinski definition) is 6. The summed E-state index contributed by atoms with van der Waals surface area (Å²) in [4.78, 5) is 36.0. The van der Waals surface area contributed by atoms with Crippen LogP contribution in [0.2, 0.25) is 0 Å². The highest BCUT2D eigenvalue weighted by Crippen LogP contribution is 2.36. The second-order valence-electron chi connectivity index (χ2n) is 5.72. The number of nitro groups is 1. The number of amides is 1. The Labute approximate surface area is 153 Å². The molecule has 0 spiro atoms. The topological polar surface area (TPSA) is 98.5 Å². The van der Waals surface area contributed by atoms with Crippen LogP contribution in [0, 0.1) is 10.1 Å². The monoisotopic (exact) mass is 372 g/mol. The Hall–Kier alpha value is -2.87. The van der Waals surface area contributed by atoms with Gasteiger partial charge in [-0.15, -0.1) is 11.8 Å². The van der Waals surface area contributed by atoms with Crippen molar-refractivity contribution >= 4 is 29.3 Å². The highest BCUT2D eigenvalue weighted by atomic mass is 32.2. The lowest BCUT2D eigenvalue weighted by Gasteiger charge is -2.25. The van der Waals surface area contributed by atoms with E-state index < -0.39 is 16.8 Å². The van der Waals surface area contributed by atoms with E-state index in [-0.39, 0.29) is 22.9 Å². The molecule has 1 N–H and O–H groups in total. The van der Waals surface area contributed by atoms with Crippen LogP contribution in [0.1, 0.15) is 38.7 Å². The van der Waals surface area contributed by atoms with Gasteiger partial charge in [0.2, 0.25) is 0 Å². The van der Waals surface area contributed by atoms with Gasteiger partial charge in [0.05, 0.1) is 23.6 Å². The molecule has 1 aliphatic heterocycles. The Bertz CT molecular complexity index is 884. The van der Waals surface area contributed by atoms with Crippen LogP contribution < -0.4 is 5.32 Å². The third kappa shape index (κ3) is 3.70. The Balaban J connectivity index is 1.90. The average Bonchev–Trinajstić information content (AvgIpc) is 2.67. The minimum atomic E-state index is -0.734. The molecule has 0 saturated carbocycles. The first-order valence-corrected chi connectivity index (χ1v) is 8.88. The van der Waals surface area contributed by atoms with Crippen LogP contribution >= 0.6 is 11.8 Å². The molecular weight excluding hydrogens is 356 g/mol. The summed E-state index contributed by atoms with van der Waals surface area (Å²) in [6.07, 6.45) is 0.756. The molecule has 8 heteroatoms. The molecular formula is C18H16N2O5S. The fourth-order valence-corrected chi connectivity index (χ4v) is 3.94. The minimum absolute atomic E-state index is 0.0357. The molecule has 0 fully saturated rings. The van der Waals surface area contributed by atoms with Crippen LogP contribution in [0.5, 0.6) is 0 Å². The van der Waals surface area contributed by atoms with Crippen molar-refractivity contribution < 1.29 is 19.2 Å². The third-order valence-corrected chi connectivity index (χ3v) is 5.20. The van der Waals surface area contributed by atoms with Gasteiger partial charge in [0.25, 0.3) is 11.6 Å². The molecule has 26 heavy (non-hydrogen) atoms. The van der Waals surface area contributed by atoms with Crippen molar-refractivity contribution in [3.63, 3.8) is 0 Å². The number of nitro benzene ring substituents is 1. The number of rotatable bonds is 4. The molecule has 1 aliphatic rings. The largest absolute Gasteiger partial charge is 0.465 e. The Kier molecular flexibility index (Phi) is 5.22. The number of non-ortho nitro benzene ring substituents is 1. The molecule has 2 aromatic rings. The molecule has 1 amide bonds. The molecule has 134 valence electrons. The second-order valence-corrected chi connectivity index (χ2v) is 6.86. The van der Waals surface area contributed by atoms with E-state index in [1.54, 1.807) is 11.8 Å². The first kappa shape index (κ1) is 17.9. The molecule has 1 heterocycles. The smallest absolute Gasteiger partial charge is 0.338 e. The zero-order chi connectivity index (χ0) is 18.7. The Morgan fingerprint density at radius 2 is 1.96 bits per heavy atom. The molecule has 3 rings (SSSR count). The fraction of sp³-hybridized carbons (Fsp3) is 0.222. The predicted octanol–water partition coefficient (Wildman–Crippen LogP) is 3.35.